The van der Waals surface area contributed by atoms with Crippen LogP contribution in [0.2, 0.25) is 0 Å². The van der Waals surface area contributed by atoms with E-state index in [0.717, 1.165) is 47.7 Å². The van der Waals surface area contributed by atoms with E-state index in [0.29, 0.717) is 5.69 Å². The Kier molecular flexibility index (Phi) is 6.46. The molecule has 6 nitrogen and oxygen atoms in total. The molecule has 0 unspecified atom stereocenters. The van der Waals surface area contributed by atoms with Crippen LogP contribution in [0.4, 0.5) is 5.69 Å². The number of hydrazone groups is 1. The topological polar surface area (TPSA) is 78.8 Å². The first-order valence-corrected chi connectivity index (χ1v) is 11.0. The monoisotopic (exact) mass is 399 g/mol. The number of benzene rings is 2. The van der Waals surface area contributed by atoms with Crippen LogP contribution in [-0.4, -0.2) is 26.6 Å². The number of nitrogens with zero attached hydrogens (tertiary/aromatic N) is 2. The molecule has 0 aliphatic heterocycles. The van der Waals surface area contributed by atoms with Crippen molar-refractivity contribution in [2.24, 2.45) is 5.10 Å². The van der Waals surface area contributed by atoms with Crippen molar-refractivity contribution in [3.63, 3.8) is 0 Å². The molecule has 0 saturated heterocycles. The van der Waals surface area contributed by atoms with Gasteiger partial charge in [-0.05, 0) is 61.9 Å². The quantitative estimate of drug-likeness (QED) is 0.724. The summed E-state index contributed by atoms with van der Waals surface area (Å²) in [5.74, 6) is -0.460. The standard InChI is InChI=1S/C21H25N3O3S/c1-2-17-12-14-19(15-13-17)24(28(26,27)20-10-4-3-5-11-20)16-21(25)23-22-18-8-6-7-9-18/h3-5,10-15H,2,6-9,16H2,1H3,(H,23,25). The summed E-state index contributed by atoms with van der Waals surface area (Å²) >= 11 is 0. The third-order valence-electron chi connectivity index (χ3n) is 4.77. The van der Waals surface area contributed by atoms with E-state index in [4.69, 9.17) is 0 Å². The van der Waals surface area contributed by atoms with Crippen molar-refractivity contribution in [1.82, 2.24) is 5.43 Å². The van der Waals surface area contributed by atoms with Crippen molar-refractivity contribution in [2.75, 3.05) is 10.8 Å². The van der Waals surface area contributed by atoms with Gasteiger partial charge in [0.15, 0.2) is 0 Å². The van der Waals surface area contributed by atoms with Gasteiger partial charge >= 0.3 is 0 Å². The predicted molar refractivity (Wildman–Crippen MR) is 111 cm³/mol. The van der Waals surface area contributed by atoms with Crippen LogP contribution in [0.25, 0.3) is 0 Å². The van der Waals surface area contributed by atoms with Gasteiger partial charge in [0.05, 0.1) is 10.6 Å². The van der Waals surface area contributed by atoms with Crippen LogP contribution >= 0.6 is 0 Å². The van der Waals surface area contributed by atoms with Crippen LogP contribution in [0.5, 0.6) is 0 Å². The number of sulfonamides is 1. The molecule has 2 aromatic carbocycles. The number of carbonyl (C=O) groups excluding carboxylic acids is 1. The molecule has 0 bridgehead atoms. The summed E-state index contributed by atoms with van der Waals surface area (Å²) in [6.07, 6.45) is 4.76. The molecule has 0 radical (unpaired) electrons. The van der Waals surface area contributed by atoms with Crippen LogP contribution in [0.3, 0.4) is 0 Å². The summed E-state index contributed by atoms with van der Waals surface area (Å²) in [7, 11) is -3.88. The van der Waals surface area contributed by atoms with Crippen molar-refractivity contribution in [2.45, 2.75) is 43.9 Å². The highest BCUT2D eigenvalue weighted by Gasteiger charge is 2.27. The Morgan fingerprint density at radius 2 is 1.68 bits per heavy atom. The second-order valence-electron chi connectivity index (χ2n) is 6.76. The zero-order valence-corrected chi connectivity index (χ0v) is 16.8. The van der Waals surface area contributed by atoms with E-state index in [1.807, 2.05) is 19.1 Å². The van der Waals surface area contributed by atoms with Gasteiger partial charge in [0.2, 0.25) is 0 Å². The molecular weight excluding hydrogens is 374 g/mol. The Hall–Kier alpha value is -2.67. The summed E-state index contributed by atoms with van der Waals surface area (Å²) in [6.45, 7) is 1.70. The second kappa shape index (κ2) is 9.01. The Bertz CT molecular complexity index is 931. The molecule has 1 aliphatic rings. The maximum absolute atomic E-state index is 13.2. The lowest BCUT2D eigenvalue weighted by atomic mass is 10.1. The molecule has 0 heterocycles. The molecule has 0 atom stereocenters. The normalized spacial score (nSPS) is 14.0. The Balaban J connectivity index is 1.87. The van der Waals surface area contributed by atoms with E-state index < -0.39 is 15.9 Å². The minimum atomic E-state index is -3.88. The van der Waals surface area contributed by atoms with Crippen LogP contribution in [0, 0.1) is 0 Å². The van der Waals surface area contributed by atoms with Crippen molar-refractivity contribution >= 4 is 27.3 Å². The fraction of sp³-hybridized carbons (Fsp3) is 0.333. The van der Waals surface area contributed by atoms with Gasteiger partial charge < -0.3 is 0 Å². The molecule has 7 heteroatoms. The second-order valence-corrected chi connectivity index (χ2v) is 8.63. The van der Waals surface area contributed by atoms with Crippen LogP contribution < -0.4 is 9.73 Å². The number of anilines is 1. The van der Waals surface area contributed by atoms with Gasteiger partial charge in [-0.2, -0.15) is 5.10 Å². The highest BCUT2D eigenvalue weighted by Crippen LogP contribution is 2.24. The first kappa shape index (κ1) is 20.1. The van der Waals surface area contributed by atoms with Gasteiger partial charge in [0, 0.05) is 5.71 Å². The zero-order valence-electron chi connectivity index (χ0n) is 16.0. The fourth-order valence-corrected chi connectivity index (χ4v) is 4.58. The molecule has 1 aliphatic carbocycles. The highest BCUT2D eigenvalue weighted by molar-refractivity contribution is 7.92. The molecule has 148 valence electrons. The molecule has 2 aromatic rings. The van der Waals surface area contributed by atoms with E-state index in [2.05, 4.69) is 10.5 Å². The van der Waals surface area contributed by atoms with Gasteiger partial charge in [0.25, 0.3) is 15.9 Å². The first-order valence-electron chi connectivity index (χ1n) is 9.51. The SMILES string of the molecule is CCc1ccc(N(CC(=O)NN=C2CCCC2)S(=O)(=O)c2ccccc2)cc1. The Labute approximate surface area is 166 Å². The summed E-state index contributed by atoms with van der Waals surface area (Å²) in [6, 6.07) is 15.3. The lowest BCUT2D eigenvalue weighted by Crippen LogP contribution is -2.39. The lowest BCUT2D eigenvalue weighted by molar-refractivity contribution is -0.119. The smallest absolute Gasteiger partial charge is 0.264 e. The average Bonchev–Trinajstić information content (AvgIpc) is 3.25. The molecule has 0 spiro atoms. The maximum Gasteiger partial charge on any atom is 0.264 e. The van der Waals surface area contributed by atoms with Crippen LogP contribution in [0.1, 0.15) is 38.2 Å². The van der Waals surface area contributed by atoms with E-state index in [1.165, 1.54) is 12.1 Å². The van der Waals surface area contributed by atoms with Gasteiger partial charge in [0.1, 0.15) is 6.54 Å². The molecule has 3 rings (SSSR count). The minimum absolute atomic E-state index is 0.143. The van der Waals surface area contributed by atoms with Gasteiger partial charge in [-0.15, -0.1) is 0 Å². The van der Waals surface area contributed by atoms with Crippen molar-refractivity contribution in [3.8, 4) is 0 Å². The van der Waals surface area contributed by atoms with Crippen molar-refractivity contribution < 1.29 is 13.2 Å². The molecule has 1 saturated carbocycles. The van der Waals surface area contributed by atoms with E-state index >= 15 is 0 Å². The number of aryl methyl sites for hydroxylation is 1. The number of amides is 1. The summed E-state index contributed by atoms with van der Waals surface area (Å²) in [5, 5.41) is 4.15. The van der Waals surface area contributed by atoms with Gasteiger partial charge in [-0.25, -0.2) is 13.8 Å². The third kappa shape index (κ3) is 4.78. The van der Waals surface area contributed by atoms with Crippen LogP contribution in [-0.2, 0) is 21.2 Å². The van der Waals surface area contributed by atoms with E-state index in [9.17, 15) is 13.2 Å². The van der Waals surface area contributed by atoms with E-state index in [-0.39, 0.29) is 11.4 Å². The minimum Gasteiger partial charge on any atom is -0.271 e. The first-order chi connectivity index (χ1) is 13.5. The number of nitrogens with one attached hydrogen (secondary N) is 1. The van der Waals surface area contributed by atoms with Crippen LogP contribution in [0.15, 0.2) is 64.6 Å². The lowest BCUT2D eigenvalue weighted by Gasteiger charge is -2.24. The Morgan fingerprint density at radius 1 is 1.04 bits per heavy atom. The molecule has 1 amide bonds. The van der Waals surface area contributed by atoms with Crippen molar-refractivity contribution in [3.05, 3.63) is 60.2 Å². The Morgan fingerprint density at radius 3 is 2.29 bits per heavy atom. The van der Waals surface area contributed by atoms with Gasteiger partial charge in [-0.3, -0.25) is 9.10 Å². The van der Waals surface area contributed by atoms with Gasteiger partial charge in [-0.1, -0.05) is 37.3 Å². The largest absolute Gasteiger partial charge is 0.271 e. The number of hydrogen-bond acceptors (Lipinski definition) is 4. The predicted octanol–water partition coefficient (Wildman–Crippen LogP) is 3.49. The highest BCUT2D eigenvalue weighted by atomic mass is 32.2. The zero-order chi connectivity index (χ0) is 20.0. The average molecular weight is 400 g/mol. The summed E-state index contributed by atoms with van der Waals surface area (Å²) in [4.78, 5) is 12.6. The third-order valence-corrected chi connectivity index (χ3v) is 6.56. The molecular formula is C21H25N3O3S. The molecule has 28 heavy (non-hydrogen) atoms. The number of carbonyl (C=O) groups is 1. The van der Waals surface area contributed by atoms with E-state index in [1.54, 1.807) is 30.3 Å². The molecule has 1 N–H and O–H groups in total. The fourth-order valence-electron chi connectivity index (χ4n) is 3.13. The number of rotatable bonds is 7. The summed E-state index contributed by atoms with van der Waals surface area (Å²) in [5.41, 5.74) is 5.01. The number of hydrogen-bond donors (Lipinski definition) is 1. The summed E-state index contributed by atoms with van der Waals surface area (Å²) < 4.78 is 27.5. The maximum atomic E-state index is 13.2. The molecule has 1 fully saturated rings. The molecule has 0 aromatic heterocycles. The van der Waals surface area contributed by atoms with Crippen molar-refractivity contribution in [1.29, 1.82) is 0 Å².